The van der Waals surface area contributed by atoms with E-state index < -0.39 is 0 Å². The number of hydrogen-bond donors (Lipinski definition) is 2. The Morgan fingerprint density at radius 1 is 1.11 bits per heavy atom. The van der Waals surface area contributed by atoms with Crippen molar-refractivity contribution in [2.45, 2.75) is 6.42 Å². The molecule has 0 spiro atoms. The average molecular weight is 286 g/mol. The molecule has 0 radical (unpaired) electrons. The van der Waals surface area contributed by atoms with Gasteiger partial charge in [0.25, 0.3) is 0 Å². The zero-order chi connectivity index (χ0) is 13.2. The van der Waals surface area contributed by atoms with Gasteiger partial charge in [0.1, 0.15) is 19.0 Å². The molecule has 18 heavy (non-hydrogen) atoms. The predicted octanol–water partition coefficient (Wildman–Crippen LogP) is 2.47. The van der Waals surface area contributed by atoms with Crippen LogP contribution in [0.5, 0.6) is 5.75 Å². The first kappa shape index (κ1) is 15.2. The van der Waals surface area contributed by atoms with Gasteiger partial charge < -0.3 is 9.47 Å². The third-order valence-electron chi connectivity index (χ3n) is 2.33. The van der Waals surface area contributed by atoms with Gasteiger partial charge in [-0.15, -0.1) is 0 Å². The van der Waals surface area contributed by atoms with Gasteiger partial charge in [0.15, 0.2) is 0 Å². The SMILES string of the molecule is O=C(CC(CS)CS)OCCOc1ccccc1. The van der Waals surface area contributed by atoms with Crippen LogP contribution in [0, 0.1) is 5.92 Å². The van der Waals surface area contributed by atoms with E-state index in [2.05, 4.69) is 25.3 Å². The Labute approximate surface area is 119 Å². The maximum atomic E-state index is 11.4. The van der Waals surface area contributed by atoms with Crippen LogP contribution in [0.3, 0.4) is 0 Å². The molecule has 3 nitrogen and oxygen atoms in total. The first-order valence-electron chi connectivity index (χ1n) is 5.81. The first-order valence-corrected chi connectivity index (χ1v) is 7.08. The predicted molar refractivity (Wildman–Crippen MR) is 78.7 cm³/mol. The zero-order valence-corrected chi connectivity index (χ0v) is 11.9. The second-order valence-corrected chi connectivity index (χ2v) is 4.55. The summed E-state index contributed by atoms with van der Waals surface area (Å²) in [5, 5.41) is 0. The van der Waals surface area contributed by atoms with Crippen molar-refractivity contribution >= 4 is 31.2 Å². The lowest BCUT2D eigenvalue weighted by atomic mass is 10.1. The molecule has 0 amide bonds. The van der Waals surface area contributed by atoms with E-state index in [4.69, 9.17) is 9.47 Å². The molecule has 1 aromatic rings. The first-order chi connectivity index (χ1) is 8.76. The van der Waals surface area contributed by atoms with Crippen molar-refractivity contribution in [3.8, 4) is 5.75 Å². The Hall–Kier alpha value is -0.810. The van der Waals surface area contributed by atoms with Gasteiger partial charge in [-0.3, -0.25) is 4.79 Å². The van der Waals surface area contributed by atoms with Crippen molar-refractivity contribution < 1.29 is 14.3 Å². The van der Waals surface area contributed by atoms with Crippen molar-refractivity contribution in [1.82, 2.24) is 0 Å². The Balaban J connectivity index is 2.12. The highest BCUT2D eigenvalue weighted by molar-refractivity contribution is 7.81. The minimum Gasteiger partial charge on any atom is -0.490 e. The van der Waals surface area contributed by atoms with E-state index in [1.54, 1.807) is 0 Å². The molecule has 0 bridgehead atoms. The second kappa shape index (κ2) is 9.16. The summed E-state index contributed by atoms with van der Waals surface area (Å²) in [5.41, 5.74) is 0. The molecule has 0 saturated carbocycles. The molecule has 0 heterocycles. The normalized spacial score (nSPS) is 10.4. The van der Waals surface area contributed by atoms with Crippen molar-refractivity contribution in [3.63, 3.8) is 0 Å². The molecule has 0 atom stereocenters. The fourth-order valence-electron chi connectivity index (χ4n) is 1.31. The van der Waals surface area contributed by atoms with E-state index in [1.807, 2.05) is 30.3 Å². The standard InChI is InChI=1S/C13H18O3S2/c14-13(8-11(9-17)10-18)16-7-6-15-12-4-2-1-3-5-12/h1-5,11,17-18H,6-10H2. The number of benzene rings is 1. The quantitative estimate of drug-likeness (QED) is 0.438. The molecule has 0 fully saturated rings. The fraction of sp³-hybridized carbons (Fsp3) is 0.462. The summed E-state index contributed by atoms with van der Waals surface area (Å²) in [7, 11) is 0. The van der Waals surface area contributed by atoms with Gasteiger partial charge in [0.2, 0.25) is 0 Å². The summed E-state index contributed by atoms with van der Waals surface area (Å²) in [5.74, 6) is 1.99. The number of rotatable bonds is 8. The van der Waals surface area contributed by atoms with Crippen LogP contribution in [0.25, 0.3) is 0 Å². The number of carbonyl (C=O) groups is 1. The Bertz CT molecular complexity index is 339. The fourth-order valence-corrected chi connectivity index (χ4v) is 2.03. The van der Waals surface area contributed by atoms with Crippen LogP contribution in [0.1, 0.15) is 6.42 Å². The van der Waals surface area contributed by atoms with Gasteiger partial charge in [-0.1, -0.05) is 18.2 Å². The van der Waals surface area contributed by atoms with Gasteiger partial charge >= 0.3 is 5.97 Å². The largest absolute Gasteiger partial charge is 0.490 e. The van der Waals surface area contributed by atoms with Gasteiger partial charge in [-0.2, -0.15) is 25.3 Å². The van der Waals surface area contributed by atoms with Crippen molar-refractivity contribution in [2.24, 2.45) is 5.92 Å². The summed E-state index contributed by atoms with van der Waals surface area (Å²) in [6.07, 6.45) is 0.359. The number of carbonyl (C=O) groups excluding carboxylic acids is 1. The monoisotopic (exact) mass is 286 g/mol. The molecule has 5 heteroatoms. The Kier molecular flexibility index (Phi) is 7.76. The van der Waals surface area contributed by atoms with Crippen LogP contribution in [0.15, 0.2) is 30.3 Å². The summed E-state index contributed by atoms with van der Waals surface area (Å²) in [4.78, 5) is 11.4. The molecule has 100 valence electrons. The zero-order valence-electron chi connectivity index (χ0n) is 10.1. The number of ether oxygens (including phenoxy) is 2. The van der Waals surface area contributed by atoms with E-state index in [1.165, 1.54) is 0 Å². The molecular formula is C13H18O3S2. The Morgan fingerprint density at radius 3 is 2.39 bits per heavy atom. The number of thiol groups is 2. The van der Waals surface area contributed by atoms with Gasteiger partial charge in [0, 0.05) is 6.42 Å². The van der Waals surface area contributed by atoms with Crippen molar-refractivity contribution in [1.29, 1.82) is 0 Å². The van der Waals surface area contributed by atoms with Crippen LogP contribution in [0.4, 0.5) is 0 Å². The maximum Gasteiger partial charge on any atom is 0.306 e. The molecule has 0 aliphatic rings. The molecular weight excluding hydrogens is 268 g/mol. The number of hydrogen-bond acceptors (Lipinski definition) is 5. The third-order valence-corrected chi connectivity index (χ3v) is 3.36. The highest BCUT2D eigenvalue weighted by atomic mass is 32.1. The van der Waals surface area contributed by atoms with E-state index in [0.717, 1.165) is 5.75 Å². The topological polar surface area (TPSA) is 35.5 Å². The highest BCUT2D eigenvalue weighted by Crippen LogP contribution is 2.09. The van der Waals surface area contributed by atoms with Crippen LogP contribution in [0.2, 0.25) is 0 Å². The third kappa shape index (κ3) is 6.21. The summed E-state index contributed by atoms with van der Waals surface area (Å²) >= 11 is 8.29. The van der Waals surface area contributed by atoms with E-state index in [-0.39, 0.29) is 18.5 Å². The maximum absolute atomic E-state index is 11.4. The molecule has 0 aliphatic carbocycles. The van der Waals surface area contributed by atoms with Gasteiger partial charge in [-0.05, 0) is 29.6 Å². The molecule has 0 unspecified atom stereocenters. The Morgan fingerprint density at radius 2 is 1.78 bits per heavy atom. The molecule has 0 saturated heterocycles. The smallest absolute Gasteiger partial charge is 0.306 e. The van der Waals surface area contributed by atoms with Gasteiger partial charge in [-0.25, -0.2) is 0 Å². The second-order valence-electron chi connectivity index (χ2n) is 3.82. The molecule has 1 aromatic carbocycles. The summed E-state index contributed by atoms with van der Waals surface area (Å²) < 4.78 is 10.5. The number of esters is 1. The lowest BCUT2D eigenvalue weighted by Crippen LogP contribution is -2.17. The van der Waals surface area contributed by atoms with Crippen LogP contribution < -0.4 is 4.74 Å². The van der Waals surface area contributed by atoms with Crippen LogP contribution >= 0.6 is 25.3 Å². The molecule has 0 aliphatic heterocycles. The average Bonchev–Trinajstić information content (AvgIpc) is 2.42. The number of para-hydroxylation sites is 1. The summed E-state index contributed by atoms with van der Waals surface area (Å²) in [6.45, 7) is 0.627. The molecule has 1 rings (SSSR count). The molecule has 0 aromatic heterocycles. The summed E-state index contributed by atoms with van der Waals surface area (Å²) in [6, 6.07) is 9.43. The van der Waals surface area contributed by atoms with Crippen molar-refractivity contribution in [3.05, 3.63) is 30.3 Å². The van der Waals surface area contributed by atoms with Gasteiger partial charge in [0.05, 0.1) is 0 Å². The minimum atomic E-state index is -0.222. The minimum absolute atomic E-state index is 0.166. The van der Waals surface area contributed by atoms with Crippen LogP contribution in [-0.2, 0) is 9.53 Å². The lowest BCUT2D eigenvalue weighted by Gasteiger charge is -2.11. The van der Waals surface area contributed by atoms with E-state index >= 15 is 0 Å². The van der Waals surface area contributed by atoms with Crippen LogP contribution in [-0.4, -0.2) is 30.7 Å². The van der Waals surface area contributed by atoms with Crippen molar-refractivity contribution in [2.75, 3.05) is 24.7 Å². The van der Waals surface area contributed by atoms with E-state index in [9.17, 15) is 4.79 Å². The lowest BCUT2D eigenvalue weighted by molar-refractivity contribution is -0.145. The highest BCUT2D eigenvalue weighted by Gasteiger charge is 2.11. The van der Waals surface area contributed by atoms with E-state index in [0.29, 0.717) is 24.5 Å². The molecule has 0 N–H and O–H groups in total.